The summed E-state index contributed by atoms with van der Waals surface area (Å²) in [5, 5.41) is 21.2. The number of hydrogen-bond acceptors (Lipinski definition) is 8. The van der Waals surface area contributed by atoms with E-state index in [2.05, 4.69) is 9.97 Å². The van der Waals surface area contributed by atoms with Gasteiger partial charge in [-0.05, 0) is 50.5 Å². The van der Waals surface area contributed by atoms with E-state index in [1.165, 1.54) is 25.3 Å². The number of nitrogens with zero attached hydrogens (tertiary/aromatic N) is 3. The lowest BCUT2D eigenvalue weighted by Crippen LogP contribution is -2.37. The third kappa shape index (κ3) is 8.03. The molecule has 3 rings (SSSR count). The number of sulfonamides is 1. The van der Waals surface area contributed by atoms with E-state index >= 15 is 0 Å². The molecule has 2 aromatic rings. The van der Waals surface area contributed by atoms with Gasteiger partial charge in [0.25, 0.3) is 0 Å². The van der Waals surface area contributed by atoms with Crippen LogP contribution >= 0.6 is 0 Å². The summed E-state index contributed by atoms with van der Waals surface area (Å²) in [6.45, 7) is 7.74. The zero-order chi connectivity index (χ0) is 28.2. The molecule has 0 radical (unpaired) electrons. The quantitative estimate of drug-likeness (QED) is 0.457. The highest BCUT2D eigenvalue weighted by atomic mass is 32.2. The number of benzene rings is 1. The van der Waals surface area contributed by atoms with Crippen molar-refractivity contribution in [2.24, 2.45) is 0 Å². The first kappa shape index (κ1) is 30.1. The van der Waals surface area contributed by atoms with Crippen molar-refractivity contribution in [3.63, 3.8) is 0 Å². The molecule has 2 heterocycles. The molecule has 1 fully saturated rings. The predicted molar refractivity (Wildman–Crippen MR) is 145 cm³/mol. The van der Waals surface area contributed by atoms with Crippen LogP contribution in [0.5, 0.6) is 0 Å². The summed E-state index contributed by atoms with van der Waals surface area (Å²) in [7, 11) is -2.27. The number of aliphatic hydroxyl groups excluding tert-OH is 2. The lowest BCUT2D eigenvalue weighted by molar-refractivity contribution is -0.243. The van der Waals surface area contributed by atoms with Crippen LogP contribution in [0, 0.1) is 5.82 Å². The van der Waals surface area contributed by atoms with Crippen LogP contribution in [0.1, 0.15) is 64.1 Å². The molecule has 0 unspecified atom stereocenters. The topological polar surface area (TPSA) is 122 Å². The third-order valence-corrected chi connectivity index (χ3v) is 7.46. The molecule has 0 bridgehead atoms. The Morgan fingerprint density at radius 3 is 2.29 bits per heavy atom. The number of aromatic nitrogens is 2. The molecule has 1 saturated heterocycles. The number of aliphatic hydroxyl groups is 2. The van der Waals surface area contributed by atoms with Crippen LogP contribution in [0.3, 0.4) is 0 Å². The number of rotatable bonds is 10. The maximum absolute atomic E-state index is 13.7. The van der Waals surface area contributed by atoms with Crippen molar-refractivity contribution in [2.45, 2.75) is 83.6 Å². The van der Waals surface area contributed by atoms with Gasteiger partial charge in [-0.1, -0.05) is 26.0 Å². The minimum absolute atomic E-state index is 0.0143. The molecule has 2 N–H and O–H groups in total. The highest BCUT2D eigenvalue weighted by molar-refractivity contribution is 7.92. The Morgan fingerprint density at radius 2 is 1.74 bits per heavy atom. The maximum atomic E-state index is 13.7. The SMILES string of the molecule is CC(C)c1nc(N(C)S(C)(=O)=O)nc(-c2ccc(F)cc2)c1/C=C/[C@@H](O)C[C@@H](O)CC1O[C@@H](C)C[C@H](C)O1. The highest BCUT2D eigenvalue weighted by Crippen LogP contribution is 2.32. The molecule has 1 aromatic heterocycles. The van der Waals surface area contributed by atoms with E-state index in [-0.39, 0.29) is 36.9 Å². The van der Waals surface area contributed by atoms with E-state index in [1.54, 1.807) is 18.2 Å². The minimum Gasteiger partial charge on any atom is -0.393 e. The Balaban J connectivity index is 1.91. The molecule has 4 atom stereocenters. The molecular formula is C27H38FN3O6S. The Morgan fingerprint density at radius 1 is 1.13 bits per heavy atom. The van der Waals surface area contributed by atoms with Crippen molar-refractivity contribution in [2.75, 3.05) is 17.6 Å². The smallest absolute Gasteiger partial charge is 0.239 e. The lowest BCUT2D eigenvalue weighted by atomic mass is 9.97. The molecule has 0 amide bonds. The number of ether oxygens (including phenoxy) is 2. The fourth-order valence-electron chi connectivity index (χ4n) is 4.32. The first-order chi connectivity index (χ1) is 17.7. The second kappa shape index (κ2) is 12.6. The Labute approximate surface area is 224 Å². The van der Waals surface area contributed by atoms with Gasteiger partial charge in [0, 0.05) is 31.0 Å². The summed E-state index contributed by atoms with van der Waals surface area (Å²) in [5.74, 6) is -0.563. The van der Waals surface area contributed by atoms with Gasteiger partial charge in [-0.25, -0.2) is 27.1 Å². The van der Waals surface area contributed by atoms with Crippen molar-refractivity contribution in [1.29, 1.82) is 0 Å². The zero-order valence-corrected chi connectivity index (χ0v) is 23.5. The van der Waals surface area contributed by atoms with Crippen molar-refractivity contribution < 1.29 is 32.5 Å². The normalized spacial score (nSPS) is 22.1. The van der Waals surface area contributed by atoms with Gasteiger partial charge in [0.2, 0.25) is 16.0 Å². The van der Waals surface area contributed by atoms with Crippen molar-refractivity contribution in [1.82, 2.24) is 9.97 Å². The molecule has 9 nitrogen and oxygen atoms in total. The van der Waals surface area contributed by atoms with Gasteiger partial charge in [-0.3, -0.25) is 0 Å². The zero-order valence-electron chi connectivity index (χ0n) is 22.7. The van der Waals surface area contributed by atoms with Crippen LogP contribution < -0.4 is 4.31 Å². The summed E-state index contributed by atoms with van der Waals surface area (Å²) in [5.41, 5.74) is 2.07. The van der Waals surface area contributed by atoms with Crippen LogP contribution in [-0.2, 0) is 19.5 Å². The molecule has 0 saturated carbocycles. The third-order valence-electron chi connectivity index (χ3n) is 6.30. The molecule has 1 aliphatic heterocycles. The highest BCUT2D eigenvalue weighted by Gasteiger charge is 2.27. The largest absolute Gasteiger partial charge is 0.393 e. The fraction of sp³-hybridized carbons (Fsp3) is 0.556. The van der Waals surface area contributed by atoms with Gasteiger partial charge in [-0.2, -0.15) is 0 Å². The second-order valence-electron chi connectivity index (χ2n) is 10.2. The number of anilines is 1. The molecule has 0 aliphatic carbocycles. The Bertz CT molecular complexity index is 1210. The summed E-state index contributed by atoms with van der Waals surface area (Å²) < 4.78 is 50.5. The van der Waals surface area contributed by atoms with Gasteiger partial charge in [0.15, 0.2) is 6.29 Å². The van der Waals surface area contributed by atoms with E-state index in [0.29, 0.717) is 22.5 Å². The van der Waals surface area contributed by atoms with Gasteiger partial charge >= 0.3 is 0 Å². The predicted octanol–water partition coefficient (Wildman–Crippen LogP) is 3.86. The first-order valence-electron chi connectivity index (χ1n) is 12.7. The molecule has 1 aliphatic rings. The van der Waals surface area contributed by atoms with Crippen molar-refractivity contribution in [3.8, 4) is 11.3 Å². The summed E-state index contributed by atoms with van der Waals surface area (Å²) in [4.78, 5) is 9.03. The average Bonchev–Trinajstić information content (AvgIpc) is 2.80. The van der Waals surface area contributed by atoms with Crippen molar-refractivity contribution in [3.05, 3.63) is 47.4 Å². The van der Waals surface area contributed by atoms with Gasteiger partial charge < -0.3 is 19.7 Å². The van der Waals surface area contributed by atoms with Crippen molar-refractivity contribution >= 4 is 22.0 Å². The van der Waals surface area contributed by atoms with Gasteiger partial charge in [0.1, 0.15) is 5.82 Å². The van der Waals surface area contributed by atoms with Gasteiger partial charge in [0.05, 0.1) is 42.1 Å². The lowest BCUT2D eigenvalue weighted by Gasteiger charge is -2.33. The molecular weight excluding hydrogens is 513 g/mol. The van der Waals surface area contributed by atoms with E-state index < -0.39 is 34.3 Å². The summed E-state index contributed by atoms with van der Waals surface area (Å²) in [6, 6.07) is 5.69. The van der Waals surface area contributed by atoms with Crippen LogP contribution in [0.4, 0.5) is 10.3 Å². The van der Waals surface area contributed by atoms with E-state index in [9.17, 15) is 23.0 Å². The first-order valence-corrected chi connectivity index (χ1v) is 14.6. The molecule has 1 aromatic carbocycles. The number of hydrogen-bond donors (Lipinski definition) is 2. The molecule has 210 valence electrons. The average molecular weight is 552 g/mol. The maximum Gasteiger partial charge on any atom is 0.239 e. The summed E-state index contributed by atoms with van der Waals surface area (Å²) in [6.07, 6.45) is 3.00. The molecule has 38 heavy (non-hydrogen) atoms. The second-order valence-corrected chi connectivity index (χ2v) is 12.2. The fourth-order valence-corrected chi connectivity index (χ4v) is 4.70. The van der Waals surface area contributed by atoms with Crippen LogP contribution in [0.15, 0.2) is 30.3 Å². The summed E-state index contributed by atoms with van der Waals surface area (Å²) >= 11 is 0. The monoisotopic (exact) mass is 551 g/mol. The van der Waals surface area contributed by atoms with Gasteiger partial charge in [-0.15, -0.1) is 0 Å². The molecule has 0 spiro atoms. The van der Waals surface area contributed by atoms with Crippen LogP contribution in [0.25, 0.3) is 17.3 Å². The minimum atomic E-state index is -3.63. The van der Waals surface area contributed by atoms with Crippen LogP contribution in [-0.4, -0.2) is 72.6 Å². The van der Waals surface area contributed by atoms with Crippen LogP contribution in [0.2, 0.25) is 0 Å². The molecule has 11 heteroatoms. The van der Waals surface area contributed by atoms with E-state index in [1.807, 2.05) is 27.7 Å². The van der Waals surface area contributed by atoms with E-state index in [0.717, 1.165) is 17.0 Å². The Kier molecular flexibility index (Phi) is 9.99. The Hall–Kier alpha value is -2.44. The number of halogens is 1. The van der Waals surface area contributed by atoms with E-state index in [4.69, 9.17) is 9.47 Å². The standard InChI is InChI=1S/C27H38FN3O6S/c1-16(2)25-23(12-11-21(32)14-22(33)15-24-36-17(3)13-18(4)37-24)26(19-7-9-20(28)10-8-19)30-27(29-25)31(5)38(6,34)35/h7-12,16-18,21-22,24,32-33H,13-15H2,1-6H3/b12-11+/t17-,18-,21+,22+/m0/s1.